The minimum absolute atomic E-state index is 0.0837. The molecule has 0 spiro atoms. The molecular formula is C11H13NOS2. The van der Waals surface area contributed by atoms with Crippen molar-refractivity contribution in [3.63, 3.8) is 0 Å². The van der Waals surface area contributed by atoms with Crippen molar-refractivity contribution in [3.8, 4) is 11.8 Å². The molecule has 4 heteroatoms. The smallest absolute Gasteiger partial charge is 0.174 e. The van der Waals surface area contributed by atoms with Gasteiger partial charge in [0.15, 0.2) is 6.61 Å². The number of aryl methyl sites for hydroxylation is 1. The lowest BCUT2D eigenvalue weighted by atomic mass is 10.1. The highest BCUT2D eigenvalue weighted by Crippen LogP contribution is 2.38. The van der Waals surface area contributed by atoms with Crippen molar-refractivity contribution >= 4 is 22.5 Å². The van der Waals surface area contributed by atoms with Crippen LogP contribution in [0.4, 0.5) is 0 Å². The zero-order chi connectivity index (χ0) is 11.3. The first-order valence-electron chi connectivity index (χ1n) is 4.60. The molecule has 1 aromatic carbocycles. The van der Waals surface area contributed by atoms with Crippen molar-refractivity contribution in [2.75, 3.05) is 6.61 Å². The molecule has 0 aromatic heterocycles. The molecular weight excluding hydrogens is 226 g/mol. The van der Waals surface area contributed by atoms with Gasteiger partial charge in [-0.05, 0) is 25.5 Å². The number of rotatable bonds is 4. The summed E-state index contributed by atoms with van der Waals surface area (Å²) < 4.78 is 5.38. The van der Waals surface area contributed by atoms with Gasteiger partial charge in [-0.1, -0.05) is 22.9 Å². The third kappa shape index (κ3) is 3.08. The highest BCUT2D eigenvalue weighted by Gasteiger charge is 2.13. The summed E-state index contributed by atoms with van der Waals surface area (Å²) >= 11 is 4.21. The molecule has 0 fully saturated rings. The van der Waals surface area contributed by atoms with Crippen molar-refractivity contribution in [3.05, 3.63) is 29.3 Å². The van der Waals surface area contributed by atoms with Gasteiger partial charge in [0.05, 0.1) is 0 Å². The Kier molecular flexibility index (Phi) is 4.86. The maximum atomic E-state index is 8.49. The van der Waals surface area contributed by atoms with E-state index in [1.165, 1.54) is 16.4 Å². The van der Waals surface area contributed by atoms with E-state index >= 15 is 0 Å². The molecule has 0 heterocycles. The Morgan fingerprint density at radius 1 is 1.60 bits per heavy atom. The predicted octanol–water partition coefficient (Wildman–Crippen LogP) is 3.54. The van der Waals surface area contributed by atoms with Crippen LogP contribution in [-0.4, -0.2) is 6.61 Å². The van der Waals surface area contributed by atoms with Crippen LogP contribution < -0.4 is 4.74 Å². The fraction of sp³-hybridized carbons (Fsp3) is 0.364. The molecule has 0 amide bonds. The average Bonchev–Trinajstić information content (AvgIpc) is 2.25. The summed E-state index contributed by atoms with van der Waals surface area (Å²) in [6.07, 6.45) is 0. The number of benzene rings is 1. The SMILES string of the molecule is Cc1cccc(OCC#N)c1C(C)SS. The summed E-state index contributed by atoms with van der Waals surface area (Å²) in [5, 5.41) is 8.74. The van der Waals surface area contributed by atoms with Crippen LogP contribution >= 0.6 is 22.5 Å². The average molecular weight is 239 g/mol. The van der Waals surface area contributed by atoms with E-state index in [4.69, 9.17) is 10.00 Å². The van der Waals surface area contributed by atoms with Gasteiger partial charge in [-0.15, -0.1) is 11.7 Å². The molecule has 0 aliphatic carbocycles. The molecule has 0 bridgehead atoms. The minimum atomic E-state index is 0.0837. The van der Waals surface area contributed by atoms with Crippen LogP contribution in [0, 0.1) is 18.3 Å². The zero-order valence-corrected chi connectivity index (χ0v) is 10.4. The number of ether oxygens (including phenoxy) is 1. The molecule has 0 aliphatic heterocycles. The summed E-state index contributed by atoms with van der Waals surface area (Å²) in [4.78, 5) is 0. The molecule has 0 saturated carbocycles. The Morgan fingerprint density at radius 2 is 2.33 bits per heavy atom. The molecule has 1 unspecified atom stereocenters. The Bertz CT molecular complexity index is 373. The lowest BCUT2D eigenvalue weighted by molar-refractivity contribution is 0.364. The molecule has 0 aliphatic rings. The summed E-state index contributed by atoms with van der Waals surface area (Å²) in [5.74, 6) is 0.783. The number of hydrogen-bond donors (Lipinski definition) is 1. The van der Waals surface area contributed by atoms with Crippen LogP contribution in [-0.2, 0) is 0 Å². The number of hydrogen-bond acceptors (Lipinski definition) is 4. The Morgan fingerprint density at radius 3 is 2.93 bits per heavy atom. The van der Waals surface area contributed by atoms with E-state index in [2.05, 4.69) is 18.6 Å². The Labute approximate surface area is 99.4 Å². The second-order valence-corrected chi connectivity index (χ2v) is 4.73. The van der Waals surface area contributed by atoms with Gasteiger partial charge in [-0.2, -0.15) is 5.26 Å². The van der Waals surface area contributed by atoms with Crippen molar-refractivity contribution in [2.24, 2.45) is 0 Å². The van der Waals surface area contributed by atoms with Gasteiger partial charge in [-0.25, -0.2) is 0 Å². The Hall–Kier alpha value is -0.790. The summed E-state index contributed by atoms with van der Waals surface area (Å²) in [6.45, 7) is 4.19. The van der Waals surface area contributed by atoms with Gasteiger partial charge in [0.25, 0.3) is 0 Å². The highest BCUT2D eigenvalue weighted by atomic mass is 33.1. The molecule has 80 valence electrons. The van der Waals surface area contributed by atoms with Gasteiger partial charge in [0.1, 0.15) is 11.8 Å². The second-order valence-electron chi connectivity index (χ2n) is 3.18. The lowest BCUT2D eigenvalue weighted by Gasteiger charge is -2.16. The first-order valence-corrected chi connectivity index (χ1v) is 6.53. The first kappa shape index (κ1) is 12.3. The van der Waals surface area contributed by atoms with E-state index in [0.717, 1.165) is 11.3 Å². The zero-order valence-electron chi connectivity index (χ0n) is 8.73. The third-order valence-corrected chi connectivity index (χ3v) is 3.64. The lowest BCUT2D eigenvalue weighted by Crippen LogP contribution is -2.00. The predicted molar refractivity (Wildman–Crippen MR) is 67.3 cm³/mol. The van der Waals surface area contributed by atoms with Crippen molar-refractivity contribution in [2.45, 2.75) is 19.1 Å². The highest BCUT2D eigenvalue weighted by molar-refractivity contribution is 8.68. The van der Waals surface area contributed by atoms with E-state index in [1.807, 2.05) is 31.2 Å². The standard InChI is InChI=1S/C11H13NOS2/c1-8-4-3-5-10(13-7-6-12)11(8)9(2)15-14/h3-5,9,14H,7H2,1-2H3. The van der Waals surface area contributed by atoms with Crippen molar-refractivity contribution in [1.29, 1.82) is 5.26 Å². The van der Waals surface area contributed by atoms with Gasteiger partial charge < -0.3 is 4.74 Å². The second kappa shape index (κ2) is 5.94. The first-order chi connectivity index (χ1) is 7.20. The van der Waals surface area contributed by atoms with E-state index in [1.54, 1.807) is 0 Å². The van der Waals surface area contributed by atoms with E-state index in [9.17, 15) is 0 Å². The van der Waals surface area contributed by atoms with E-state index < -0.39 is 0 Å². The normalized spacial score (nSPS) is 11.9. The number of nitrogens with zero attached hydrogens (tertiary/aromatic N) is 1. The fourth-order valence-corrected chi connectivity index (χ4v) is 2.19. The summed E-state index contributed by atoms with van der Waals surface area (Å²) in [5.41, 5.74) is 2.28. The largest absolute Gasteiger partial charge is 0.478 e. The van der Waals surface area contributed by atoms with Gasteiger partial charge in [0.2, 0.25) is 0 Å². The van der Waals surface area contributed by atoms with Crippen molar-refractivity contribution < 1.29 is 4.74 Å². The van der Waals surface area contributed by atoms with Gasteiger partial charge in [-0.3, -0.25) is 0 Å². The number of thiol groups is 1. The van der Waals surface area contributed by atoms with Gasteiger partial charge >= 0.3 is 0 Å². The molecule has 15 heavy (non-hydrogen) atoms. The Balaban J connectivity index is 3.04. The molecule has 1 aromatic rings. The minimum Gasteiger partial charge on any atom is -0.478 e. The topological polar surface area (TPSA) is 33.0 Å². The summed E-state index contributed by atoms with van der Waals surface area (Å²) in [7, 11) is 1.47. The monoisotopic (exact) mass is 239 g/mol. The molecule has 0 saturated heterocycles. The van der Waals surface area contributed by atoms with Crippen LogP contribution in [0.3, 0.4) is 0 Å². The van der Waals surface area contributed by atoms with Gasteiger partial charge in [0, 0.05) is 10.8 Å². The summed E-state index contributed by atoms with van der Waals surface area (Å²) in [6, 6.07) is 7.83. The van der Waals surface area contributed by atoms with Crippen LogP contribution in [0.2, 0.25) is 0 Å². The fourth-order valence-electron chi connectivity index (χ4n) is 1.46. The van der Waals surface area contributed by atoms with Crippen LogP contribution in [0.15, 0.2) is 18.2 Å². The molecule has 1 atom stereocenters. The third-order valence-electron chi connectivity index (χ3n) is 2.14. The van der Waals surface area contributed by atoms with E-state index in [-0.39, 0.29) is 11.9 Å². The van der Waals surface area contributed by atoms with Crippen LogP contribution in [0.5, 0.6) is 5.75 Å². The molecule has 0 radical (unpaired) electrons. The maximum absolute atomic E-state index is 8.49. The van der Waals surface area contributed by atoms with Crippen LogP contribution in [0.1, 0.15) is 23.3 Å². The molecule has 0 N–H and O–H groups in total. The molecule has 2 nitrogen and oxygen atoms in total. The quantitative estimate of drug-likeness (QED) is 0.644. The maximum Gasteiger partial charge on any atom is 0.174 e. The van der Waals surface area contributed by atoms with Crippen molar-refractivity contribution in [1.82, 2.24) is 0 Å². The van der Waals surface area contributed by atoms with E-state index in [0.29, 0.717) is 0 Å². The molecule has 1 rings (SSSR count). The number of nitriles is 1. The van der Waals surface area contributed by atoms with Crippen LogP contribution in [0.25, 0.3) is 0 Å².